The minimum atomic E-state index is -0.811. The van der Waals surface area contributed by atoms with E-state index in [1.807, 2.05) is 0 Å². The van der Waals surface area contributed by atoms with Crippen LogP contribution in [0.15, 0.2) is 0 Å². The van der Waals surface area contributed by atoms with Crippen LogP contribution in [-0.2, 0) is 10.8 Å². The average Bonchev–Trinajstić information content (AvgIpc) is 2.79. The van der Waals surface area contributed by atoms with Crippen LogP contribution in [0, 0.1) is 27.7 Å². The zero-order valence-electron chi connectivity index (χ0n) is 22.2. The molecule has 6 nitrogen and oxygen atoms in total. The Bertz CT molecular complexity index is 1160. The van der Waals surface area contributed by atoms with Crippen molar-refractivity contribution in [2.45, 2.75) is 84.8 Å². The smallest absolute Gasteiger partial charge is 0.253 e. The fourth-order valence-electron chi connectivity index (χ4n) is 7.11. The van der Waals surface area contributed by atoms with E-state index in [4.69, 9.17) is 28.4 Å². The van der Waals surface area contributed by atoms with E-state index in [-0.39, 0.29) is 10.8 Å². The summed E-state index contributed by atoms with van der Waals surface area (Å²) in [5.41, 5.74) is 6.15. The van der Waals surface area contributed by atoms with E-state index >= 15 is 0 Å². The van der Waals surface area contributed by atoms with E-state index in [0.717, 1.165) is 69.6 Å². The summed E-state index contributed by atoms with van der Waals surface area (Å²) in [6.07, 6.45) is 1.45. The normalized spacial score (nSPS) is 21.9. The Kier molecular flexibility index (Phi) is 4.63. The van der Waals surface area contributed by atoms with Crippen LogP contribution >= 0.6 is 0 Å². The minimum Gasteiger partial charge on any atom is -0.486 e. The average molecular weight is 481 g/mol. The van der Waals surface area contributed by atoms with Crippen LogP contribution in [0.5, 0.6) is 34.5 Å². The summed E-state index contributed by atoms with van der Waals surface area (Å²) in [4.78, 5) is 0. The summed E-state index contributed by atoms with van der Waals surface area (Å²) in [6, 6.07) is 0. The molecule has 0 aromatic heterocycles. The van der Waals surface area contributed by atoms with E-state index in [2.05, 4.69) is 55.4 Å². The fraction of sp³-hybridized carbons (Fsp3) is 0.586. The quantitative estimate of drug-likeness (QED) is 0.462. The van der Waals surface area contributed by atoms with Gasteiger partial charge in [-0.1, -0.05) is 27.7 Å². The largest absolute Gasteiger partial charge is 0.486 e. The first-order valence-electron chi connectivity index (χ1n) is 12.7. The molecule has 35 heavy (non-hydrogen) atoms. The lowest BCUT2D eigenvalue weighted by atomic mass is 9.67. The predicted octanol–water partition coefficient (Wildman–Crippen LogP) is 5.98. The highest BCUT2D eigenvalue weighted by molar-refractivity contribution is 5.67. The molecule has 0 unspecified atom stereocenters. The van der Waals surface area contributed by atoms with Crippen molar-refractivity contribution in [3.8, 4) is 34.5 Å². The summed E-state index contributed by atoms with van der Waals surface area (Å²) >= 11 is 0. The minimum absolute atomic E-state index is 0.192. The Morgan fingerprint density at radius 3 is 1.11 bits per heavy atom. The van der Waals surface area contributed by atoms with Crippen molar-refractivity contribution in [3.05, 3.63) is 33.4 Å². The molecular formula is C29H36O6. The monoisotopic (exact) mass is 480 g/mol. The molecule has 1 spiro atoms. The van der Waals surface area contributed by atoms with Crippen LogP contribution in [-0.4, -0.2) is 32.2 Å². The van der Waals surface area contributed by atoms with Crippen LogP contribution < -0.4 is 28.4 Å². The Hall–Kier alpha value is -2.76. The lowest BCUT2D eigenvalue weighted by Crippen LogP contribution is -2.56. The lowest BCUT2D eigenvalue weighted by Gasteiger charge is -2.53. The van der Waals surface area contributed by atoms with Crippen LogP contribution in [0.25, 0.3) is 0 Å². The topological polar surface area (TPSA) is 55.4 Å². The molecular weight excluding hydrogens is 444 g/mol. The van der Waals surface area contributed by atoms with Crippen molar-refractivity contribution in [3.63, 3.8) is 0 Å². The molecule has 0 fully saturated rings. The second-order valence-corrected chi connectivity index (χ2v) is 11.9. The third kappa shape index (κ3) is 3.07. The van der Waals surface area contributed by atoms with Gasteiger partial charge >= 0.3 is 0 Å². The van der Waals surface area contributed by atoms with Gasteiger partial charge in [0.2, 0.25) is 0 Å². The third-order valence-electron chi connectivity index (χ3n) is 8.16. The summed E-state index contributed by atoms with van der Waals surface area (Å²) in [5, 5.41) is 0. The fourth-order valence-corrected chi connectivity index (χ4v) is 7.11. The highest BCUT2D eigenvalue weighted by atomic mass is 16.7. The lowest BCUT2D eigenvalue weighted by molar-refractivity contribution is -0.167. The molecule has 0 bridgehead atoms. The molecule has 4 aliphatic rings. The van der Waals surface area contributed by atoms with Crippen LogP contribution in [0.2, 0.25) is 0 Å². The van der Waals surface area contributed by atoms with Gasteiger partial charge < -0.3 is 28.4 Å². The van der Waals surface area contributed by atoms with Crippen molar-refractivity contribution in [2.24, 2.45) is 0 Å². The number of fused-ring (bicyclic) bond motifs is 4. The first kappa shape index (κ1) is 22.7. The van der Waals surface area contributed by atoms with Gasteiger partial charge in [0.15, 0.2) is 23.0 Å². The standard InChI is InChI=1S/C29H36O6/c1-15-19-21(17(3)25-23(15)30-9-11-32-25)34-29(13-27(19,5)6)14-28(7,8)20-16(2)24-26(33-12-10-31-24)18(4)22(20)35-29/h9-14H2,1-8H3. The van der Waals surface area contributed by atoms with Crippen LogP contribution in [0.3, 0.4) is 0 Å². The molecule has 188 valence electrons. The molecule has 0 aliphatic carbocycles. The predicted molar refractivity (Wildman–Crippen MR) is 133 cm³/mol. The van der Waals surface area contributed by atoms with Gasteiger partial charge in [-0.3, -0.25) is 0 Å². The SMILES string of the molecule is Cc1c2c(c(C)c3c1OC1(CC3(C)C)CC(C)(C)c3c(C)c4c(c(C)c3O1)OCCO4)OCCO2. The van der Waals surface area contributed by atoms with E-state index in [0.29, 0.717) is 26.4 Å². The molecule has 0 atom stereocenters. The molecule has 6 heteroatoms. The Morgan fingerprint density at radius 2 is 0.771 bits per heavy atom. The Labute approximate surface area is 207 Å². The van der Waals surface area contributed by atoms with E-state index in [9.17, 15) is 0 Å². The molecule has 0 radical (unpaired) electrons. The van der Waals surface area contributed by atoms with E-state index < -0.39 is 5.79 Å². The molecule has 4 heterocycles. The van der Waals surface area contributed by atoms with Gasteiger partial charge in [-0.2, -0.15) is 0 Å². The van der Waals surface area contributed by atoms with Crippen molar-refractivity contribution in [1.82, 2.24) is 0 Å². The van der Waals surface area contributed by atoms with Crippen molar-refractivity contribution in [2.75, 3.05) is 26.4 Å². The zero-order valence-corrected chi connectivity index (χ0v) is 22.2. The summed E-state index contributed by atoms with van der Waals surface area (Å²) in [5.74, 6) is 4.22. The highest BCUT2D eigenvalue weighted by Crippen LogP contribution is 2.60. The van der Waals surface area contributed by atoms with E-state index in [1.165, 1.54) is 11.1 Å². The number of hydrogen-bond donors (Lipinski definition) is 0. The summed E-state index contributed by atoms with van der Waals surface area (Å²) in [7, 11) is 0. The van der Waals surface area contributed by atoms with Gasteiger partial charge in [0, 0.05) is 57.1 Å². The van der Waals surface area contributed by atoms with Gasteiger partial charge in [0.05, 0.1) is 0 Å². The molecule has 4 aliphatic heterocycles. The van der Waals surface area contributed by atoms with Gasteiger partial charge in [-0.05, 0) is 27.7 Å². The molecule has 0 saturated heterocycles. The summed E-state index contributed by atoms with van der Waals surface area (Å²) < 4.78 is 38.2. The van der Waals surface area contributed by atoms with Gasteiger partial charge in [-0.15, -0.1) is 0 Å². The molecule has 2 aromatic carbocycles. The summed E-state index contributed by atoms with van der Waals surface area (Å²) in [6.45, 7) is 19.7. The van der Waals surface area contributed by atoms with Gasteiger partial charge in [-0.25, -0.2) is 0 Å². The number of ether oxygens (including phenoxy) is 6. The maximum atomic E-state index is 6.98. The highest BCUT2D eigenvalue weighted by Gasteiger charge is 2.55. The van der Waals surface area contributed by atoms with Crippen molar-refractivity contribution < 1.29 is 28.4 Å². The van der Waals surface area contributed by atoms with E-state index in [1.54, 1.807) is 0 Å². The second kappa shape index (κ2) is 7.14. The van der Waals surface area contributed by atoms with Gasteiger partial charge in [0.1, 0.15) is 37.9 Å². The maximum absolute atomic E-state index is 6.98. The number of hydrogen-bond acceptors (Lipinski definition) is 6. The molecule has 6 rings (SSSR count). The van der Waals surface area contributed by atoms with Crippen LogP contribution in [0.1, 0.15) is 73.9 Å². The molecule has 2 aromatic rings. The number of benzene rings is 2. The zero-order chi connectivity index (χ0) is 24.9. The van der Waals surface area contributed by atoms with Crippen molar-refractivity contribution in [1.29, 1.82) is 0 Å². The van der Waals surface area contributed by atoms with Crippen LogP contribution in [0.4, 0.5) is 0 Å². The molecule has 0 N–H and O–H groups in total. The van der Waals surface area contributed by atoms with Gasteiger partial charge in [0.25, 0.3) is 5.79 Å². The molecule has 0 saturated carbocycles. The Morgan fingerprint density at radius 1 is 0.457 bits per heavy atom. The first-order valence-corrected chi connectivity index (χ1v) is 12.7. The third-order valence-corrected chi connectivity index (χ3v) is 8.16. The molecule has 0 amide bonds. The number of rotatable bonds is 0. The van der Waals surface area contributed by atoms with Crippen molar-refractivity contribution >= 4 is 0 Å². The Balaban J connectivity index is 1.54. The maximum Gasteiger partial charge on any atom is 0.253 e. The second-order valence-electron chi connectivity index (χ2n) is 11.9. The first-order chi connectivity index (χ1) is 16.5.